The van der Waals surface area contributed by atoms with Gasteiger partial charge < -0.3 is 14.6 Å². The van der Waals surface area contributed by atoms with E-state index in [-0.39, 0.29) is 5.97 Å². The Morgan fingerprint density at radius 1 is 1.40 bits per heavy atom. The van der Waals surface area contributed by atoms with Gasteiger partial charge in [-0.25, -0.2) is 4.79 Å². The Bertz CT molecular complexity index is 445. The maximum atomic E-state index is 11.8. The van der Waals surface area contributed by atoms with Crippen LogP contribution >= 0.6 is 11.6 Å². The smallest absolute Gasteiger partial charge is 0.347 e. The van der Waals surface area contributed by atoms with Crippen molar-refractivity contribution in [3.63, 3.8) is 0 Å². The number of hydrogen-bond acceptors (Lipinski definition) is 4. The molecule has 112 valence electrons. The summed E-state index contributed by atoms with van der Waals surface area (Å²) in [7, 11) is 0. The highest BCUT2D eigenvalue weighted by molar-refractivity contribution is 6.30. The lowest BCUT2D eigenvalue weighted by molar-refractivity contribution is -0.151. The molecule has 0 bridgehead atoms. The Morgan fingerprint density at radius 3 is 2.65 bits per heavy atom. The summed E-state index contributed by atoms with van der Waals surface area (Å²) in [5, 5.41) is 10.3. The second-order valence-corrected chi connectivity index (χ2v) is 4.94. The Balaban J connectivity index is 2.95. The lowest BCUT2D eigenvalue weighted by Crippen LogP contribution is -2.29. The summed E-state index contributed by atoms with van der Waals surface area (Å²) in [4.78, 5) is 11.8. The van der Waals surface area contributed by atoms with Crippen LogP contribution in [-0.4, -0.2) is 23.8 Å². The fourth-order valence-corrected chi connectivity index (χ4v) is 2.01. The average Bonchev–Trinajstić information content (AvgIpc) is 2.40. The van der Waals surface area contributed by atoms with Crippen LogP contribution in [-0.2, 0) is 9.53 Å². The molecule has 1 unspecified atom stereocenters. The van der Waals surface area contributed by atoms with E-state index in [0.717, 1.165) is 6.42 Å². The van der Waals surface area contributed by atoms with Crippen LogP contribution in [0.15, 0.2) is 18.2 Å². The van der Waals surface area contributed by atoms with E-state index >= 15 is 0 Å². The number of aliphatic hydroxyl groups excluding tert-OH is 1. The fourth-order valence-electron chi connectivity index (χ4n) is 1.83. The van der Waals surface area contributed by atoms with Crippen LogP contribution in [0.1, 0.15) is 45.3 Å². The highest BCUT2D eigenvalue weighted by atomic mass is 35.5. The van der Waals surface area contributed by atoms with Crippen molar-refractivity contribution in [1.29, 1.82) is 0 Å². The number of halogens is 1. The van der Waals surface area contributed by atoms with Crippen LogP contribution in [0, 0.1) is 0 Å². The predicted molar refractivity (Wildman–Crippen MR) is 78.0 cm³/mol. The van der Waals surface area contributed by atoms with Crippen molar-refractivity contribution >= 4 is 17.6 Å². The van der Waals surface area contributed by atoms with Crippen LogP contribution in [0.3, 0.4) is 0 Å². The Morgan fingerprint density at radius 2 is 2.10 bits per heavy atom. The van der Waals surface area contributed by atoms with E-state index in [2.05, 4.69) is 0 Å². The van der Waals surface area contributed by atoms with E-state index in [9.17, 15) is 9.90 Å². The Kier molecular flexibility index (Phi) is 6.82. The lowest BCUT2D eigenvalue weighted by Gasteiger charge is -2.20. The molecular weight excluding hydrogens is 280 g/mol. The van der Waals surface area contributed by atoms with Gasteiger partial charge in [-0.3, -0.25) is 0 Å². The van der Waals surface area contributed by atoms with Gasteiger partial charge in [-0.15, -0.1) is 0 Å². The molecule has 5 heteroatoms. The maximum absolute atomic E-state index is 11.8. The van der Waals surface area contributed by atoms with Crippen molar-refractivity contribution in [1.82, 2.24) is 0 Å². The molecule has 0 spiro atoms. The summed E-state index contributed by atoms with van der Waals surface area (Å²) in [6.45, 7) is 5.65. The van der Waals surface area contributed by atoms with Gasteiger partial charge in [-0.1, -0.05) is 24.9 Å². The molecule has 1 aromatic rings. The summed E-state index contributed by atoms with van der Waals surface area (Å²) < 4.78 is 10.7. The van der Waals surface area contributed by atoms with Gasteiger partial charge in [0.1, 0.15) is 5.75 Å². The van der Waals surface area contributed by atoms with E-state index in [1.165, 1.54) is 0 Å². The normalized spacial score (nSPS) is 13.7. The third-order valence-electron chi connectivity index (χ3n) is 2.79. The van der Waals surface area contributed by atoms with Gasteiger partial charge in [0.25, 0.3) is 0 Å². The molecule has 4 nitrogen and oxygen atoms in total. The molecule has 0 aliphatic heterocycles. The highest BCUT2D eigenvalue weighted by Gasteiger charge is 2.22. The van der Waals surface area contributed by atoms with Crippen molar-refractivity contribution in [3.05, 3.63) is 28.8 Å². The molecule has 0 amide bonds. The summed E-state index contributed by atoms with van der Waals surface area (Å²) in [6.07, 6.45) is -0.0475. The predicted octanol–water partition coefficient (Wildman–Crippen LogP) is 3.50. The van der Waals surface area contributed by atoms with Gasteiger partial charge >= 0.3 is 5.97 Å². The van der Waals surface area contributed by atoms with Gasteiger partial charge in [0.2, 0.25) is 0 Å². The molecule has 0 aliphatic carbocycles. The third-order valence-corrected chi connectivity index (χ3v) is 3.03. The number of esters is 1. The van der Waals surface area contributed by atoms with Crippen LogP contribution in [0.5, 0.6) is 5.75 Å². The van der Waals surface area contributed by atoms with Gasteiger partial charge in [0, 0.05) is 10.6 Å². The van der Waals surface area contributed by atoms with E-state index in [1.807, 2.05) is 6.92 Å². The number of carbonyl (C=O) groups excluding carboxylic acids is 1. The monoisotopic (exact) mass is 300 g/mol. The minimum absolute atomic E-state index is 0.312. The van der Waals surface area contributed by atoms with Gasteiger partial charge in [-0.05, 0) is 38.5 Å². The van der Waals surface area contributed by atoms with Gasteiger partial charge in [0.15, 0.2) is 6.10 Å². The highest BCUT2D eigenvalue weighted by Crippen LogP contribution is 2.29. The minimum Gasteiger partial charge on any atom is -0.478 e. The number of rotatable bonds is 7. The average molecular weight is 301 g/mol. The molecule has 0 heterocycles. The standard InChI is InChI=1S/C15H21ClO4/c1-4-6-14(15(18)19-5-2)20-13-8-7-11(16)9-12(13)10(3)17/h7-10,14,17H,4-6H2,1-3H3/t10-,14?/m0/s1. The fraction of sp³-hybridized carbons (Fsp3) is 0.533. The summed E-state index contributed by atoms with van der Waals surface area (Å²) in [5.74, 6) is 0.0664. The SMILES string of the molecule is CCCC(Oc1ccc(Cl)cc1[C@H](C)O)C(=O)OCC. The van der Waals surface area contributed by atoms with E-state index in [1.54, 1.807) is 32.0 Å². The molecule has 2 atom stereocenters. The van der Waals surface area contributed by atoms with Crippen molar-refractivity contribution < 1.29 is 19.4 Å². The topological polar surface area (TPSA) is 55.8 Å². The van der Waals surface area contributed by atoms with E-state index in [0.29, 0.717) is 29.4 Å². The first-order chi connectivity index (χ1) is 9.49. The molecule has 0 saturated carbocycles. The molecule has 1 aromatic carbocycles. The molecule has 20 heavy (non-hydrogen) atoms. The molecule has 0 radical (unpaired) electrons. The van der Waals surface area contributed by atoms with Crippen LogP contribution < -0.4 is 4.74 Å². The zero-order valence-corrected chi connectivity index (χ0v) is 12.8. The van der Waals surface area contributed by atoms with Crippen LogP contribution in [0.25, 0.3) is 0 Å². The van der Waals surface area contributed by atoms with Crippen LogP contribution in [0.2, 0.25) is 5.02 Å². The zero-order chi connectivity index (χ0) is 15.1. The third kappa shape index (κ3) is 4.69. The molecule has 0 fully saturated rings. The molecule has 1 rings (SSSR count). The maximum Gasteiger partial charge on any atom is 0.347 e. The van der Waals surface area contributed by atoms with Crippen molar-refractivity contribution in [3.8, 4) is 5.75 Å². The summed E-state index contributed by atoms with van der Waals surface area (Å²) >= 11 is 5.91. The first kappa shape index (κ1) is 16.8. The molecule has 0 aromatic heterocycles. The van der Waals surface area contributed by atoms with Crippen LogP contribution in [0.4, 0.5) is 0 Å². The largest absolute Gasteiger partial charge is 0.478 e. The van der Waals surface area contributed by atoms with Gasteiger partial charge in [0.05, 0.1) is 12.7 Å². The minimum atomic E-state index is -0.729. The molecule has 0 saturated heterocycles. The first-order valence-electron chi connectivity index (χ1n) is 6.80. The lowest BCUT2D eigenvalue weighted by atomic mass is 10.1. The molecular formula is C15H21ClO4. The van der Waals surface area contributed by atoms with Gasteiger partial charge in [-0.2, -0.15) is 0 Å². The molecule has 1 N–H and O–H groups in total. The summed E-state index contributed by atoms with van der Waals surface area (Å²) in [6, 6.07) is 4.96. The second kappa shape index (κ2) is 8.12. The van der Waals surface area contributed by atoms with E-state index < -0.39 is 12.2 Å². The van der Waals surface area contributed by atoms with Crippen molar-refractivity contribution in [2.45, 2.75) is 45.8 Å². The number of ether oxygens (including phenoxy) is 2. The molecule has 0 aliphatic rings. The first-order valence-corrected chi connectivity index (χ1v) is 7.18. The van der Waals surface area contributed by atoms with Crippen molar-refractivity contribution in [2.24, 2.45) is 0 Å². The quantitative estimate of drug-likeness (QED) is 0.783. The number of aliphatic hydroxyl groups is 1. The Hall–Kier alpha value is -1.26. The number of carbonyl (C=O) groups is 1. The Labute approximate surface area is 124 Å². The van der Waals surface area contributed by atoms with Crippen molar-refractivity contribution in [2.75, 3.05) is 6.61 Å². The second-order valence-electron chi connectivity index (χ2n) is 4.51. The zero-order valence-electron chi connectivity index (χ0n) is 12.1. The van der Waals surface area contributed by atoms with E-state index in [4.69, 9.17) is 21.1 Å². The number of benzene rings is 1. The summed E-state index contributed by atoms with van der Waals surface area (Å²) in [5.41, 5.74) is 0.558. The number of hydrogen-bond donors (Lipinski definition) is 1.